The highest BCUT2D eigenvalue weighted by molar-refractivity contribution is 7.24. The number of nitrogens with one attached hydrogen (secondary N) is 1. The Hall–Kier alpha value is -1.89. The lowest BCUT2D eigenvalue weighted by Crippen LogP contribution is -2.28. The number of thiophene rings is 2. The smallest absolute Gasteiger partial charge is 0.262 e. The van der Waals surface area contributed by atoms with Gasteiger partial charge in [-0.05, 0) is 43.2 Å². The monoisotopic (exact) mass is 509 g/mol. The second-order valence-corrected chi connectivity index (χ2v) is 10.0. The molecule has 2 heterocycles. The molecule has 33 heavy (non-hydrogen) atoms. The summed E-state index contributed by atoms with van der Waals surface area (Å²) >= 11 is 8.91. The van der Waals surface area contributed by atoms with E-state index in [-0.39, 0.29) is 5.57 Å². The van der Waals surface area contributed by atoms with Gasteiger partial charge in [-0.1, -0.05) is 12.8 Å². The van der Waals surface area contributed by atoms with E-state index in [0.29, 0.717) is 26.4 Å². The summed E-state index contributed by atoms with van der Waals surface area (Å²) in [5.74, 6) is 0.328. The number of alkyl halides is 1. The summed E-state index contributed by atoms with van der Waals surface area (Å²) in [7, 11) is 4.03. The number of hydrogen-bond donors (Lipinski definition) is 1. The first kappa shape index (κ1) is 27.4. The summed E-state index contributed by atoms with van der Waals surface area (Å²) in [4.78, 5) is 17.5. The SMILES string of the molecule is CN(C)c1ccc(-c2ccc(/C=C(\C#N)C(=O)NCCOCCOCCCCCCCl)s2)s1. The predicted octanol–water partition coefficient (Wildman–Crippen LogP) is 5.40. The minimum Gasteiger partial charge on any atom is -0.379 e. The van der Waals surface area contributed by atoms with E-state index in [1.807, 2.05) is 32.3 Å². The zero-order chi connectivity index (χ0) is 23.9. The predicted molar refractivity (Wildman–Crippen MR) is 139 cm³/mol. The maximum Gasteiger partial charge on any atom is 0.262 e. The average Bonchev–Trinajstić information content (AvgIpc) is 3.48. The molecule has 0 unspecified atom stereocenters. The van der Waals surface area contributed by atoms with Crippen LogP contribution < -0.4 is 10.2 Å². The number of carbonyl (C=O) groups excluding carboxylic acids is 1. The van der Waals surface area contributed by atoms with Crippen LogP contribution in [-0.2, 0) is 14.3 Å². The number of unbranched alkanes of at least 4 members (excludes halogenated alkanes) is 3. The van der Waals surface area contributed by atoms with Gasteiger partial charge in [0.05, 0.1) is 24.8 Å². The topological polar surface area (TPSA) is 74.6 Å². The molecule has 1 N–H and O–H groups in total. The molecule has 0 aliphatic heterocycles. The van der Waals surface area contributed by atoms with Crippen LogP contribution in [0.2, 0.25) is 0 Å². The zero-order valence-electron chi connectivity index (χ0n) is 19.3. The third kappa shape index (κ3) is 10.3. The molecule has 0 saturated carbocycles. The number of ether oxygens (including phenoxy) is 2. The Morgan fingerprint density at radius 3 is 2.42 bits per heavy atom. The van der Waals surface area contributed by atoms with E-state index >= 15 is 0 Å². The molecule has 0 atom stereocenters. The standard InChI is InChI=1S/C24H32ClN3O3S2/c1-28(2)23-10-9-22(33-23)21-8-7-20(32-21)17-19(18-26)24(29)27-12-14-31-16-15-30-13-6-4-3-5-11-25/h7-10,17H,3-6,11-16H2,1-2H3,(H,27,29)/b19-17+. The zero-order valence-corrected chi connectivity index (χ0v) is 21.7. The molecule has 2 aromatic heterocycles. The minimum atomic E-state index is -0.393. The van der Waals surface area contributed by atoms with Crippen LogP contribution in [0.4, 0.5) is 5.00 Å². The van der Waals surface area contributed by atoms with E-state index in [4.69, 9.17) is 21.1 Å². The average molecular weight is 510 g/mol. The molecular weight excluding hydrogens is 478 g/mol. The third-order valence-electron chi connectivity index (χ3n) is 4.63. The second-order valence-electron chi connectivity index (χ2n) is 7.49. The normalized spacial score (nSPS) is 11.4. The van der Waals surface area contributed by atoms with Gasteiger partial charge in [0, 0.05) is 47.8 Å². The van der Waals surface area contributed by atoms with Crippen molar-refractivity contribution in [2.75, 3.05) is 57.8 Å². The lowest BCUT2D eigenvalue weighted by Gasteiger charge is -2.07. The molecule has 0 aromatic carbocycles. The minimum absolute atomic E-state index is 0.0843. The van der Waals surface area contributed by atoms with E-state index in [1.165, 1.54) is 9.88 Å². The Balaban J connectivity index is 1.67. The third-order valence-corrected chi connectivity index (χ3v) is 7.38. The van der Waals surface area contributed by atoms with Crippen LogP contribution in [-0.4, -0.2) is 58.9 Å². The maximum atomic E-state index is 12.3. The largest absolute Gasteiger partial charge is 0.379 e. The summed E-state index contributed by atoms with van der Waals surface area (Å²) in [6.07, 6.45) is 5.99. The van der Waals surface area contributed by atoms with Gasteiger partial charge in [-0.3, -0.25) is 4.79 Å². The molecule has 0 aliphatic rings. The Morgan fingerprint density at radius 2 is 1.73 bits per heavy atom. The van der Waals surface area contributed by atoms with E-state index in [9.17, 15) is 10.1 Å². The first-order chi connectivity index (χ1) is 16.0. The molecule has 9 heteroatoms. The van der Waals surface area contributed by atoms with Crippen molar-refractivity contribution in [3.05, 3.63) is 34.7 Å². The molecule has 0 fully saturated rings. The van der Waals surface area contributed by atoms with Gasteiger partial charge in [0.2, 0.25) is 0 Å². The molecule has 1 amide bonds. The van der Waals surface area contributed by atoms with Crippen LogP contribution in [0.15, 0.2) is 29.8 Å². The van der Waals surface area contributed by atoms with Crippen molar-refractivity contribution in [3.8, 4) is 15.8 Å². The van der Waals surface area contributed by atoms with Crippen molar-refractivity contribution in [2.45, 2.75) is 25.7 Å². The molecule has 180 valence electrons. The number of anilines is 1. The Labute approximate surface area is 209 Å². The highest BCUT2D eigenvalue weighted by atomic mass is 35.5. The fourth-order valence-electron chi connectivity index (χ4n) is 2.86. The van der Waals surface area contributed by atoms with Gasteiger partial charge in [-0.2, -0.15) is 5.26 Å². The Kier molecular flexibility index (Phi) is 13.1. The molecule has 0 aliphatic carbocycles. The van der Waals surface area contributed by atoms with Crippen LogP contribution in [0, 0.1) is 11.3 Å². The van der Waals surface area contributed by atoms with E-state index in [2.05, 4.69) is 22.3 Å². The van der Waals surface area contributed by atoms with Crippen molar-refractivity contribution >= 4 is 51.3 Å². The van der Waals surface area contributed by atoms with Gasteiger partial charge in [0.25, 0.3) is 5.91 Å². The highest BCUT2D eigenvalue weighted by Crippen LogP contribution is 2.37. The van der Waals surface area contributed by atoms with E-state index < -0.39 is 5.91 Å². The number of nitriles is 1. The molecule has 6 nitrogen and oxygen atoms in total. The van der Waals surface area contributed by atoms with Crippen LogP contribution in [0.3, 0.4) is 0 Å². The molecule has 0 bridgehead atoms. The van der Waals surface area contributed by atoms with Crippen LogP contribution in [0.25, 0.3) is 15.8 Å². The molecule has 0 saturated heterocycles. The number of hydrogen-bond acceptors (Lipinski definition) is 7. The van der Waals surface area contributed by atoms with Gasteiger partial charge in [-0.25, -0.2) is 0 Å². The molecule has 2 aromatic rings. The van der Waals surface area contributed by atoms with E-state index in [1.54, 1.807) is 28.7 Å². The number of carbonyl (C=O) groups is 1. The summed E-state index contributed by atoms with van der Waals surface area (Å²) in [5.41, 5.74) is 0.0843. The van der Waals surface area contributed by atoms with Gasteiger partial charge >= 0.3 is 0 Å². The van der Waals surface area contributed by atoms with Crippen molar-refractivity contribution in [1.82, 2.24) is 5.32 Å². The molecule has 2 rings (SSSR count). The summed E-state index contributed by atoms with van der Waals surface area (Å²) in [6.45, 7) is 2.46. The number of halogens is 1. The van der Waals surface area contributed by atoms with E-state index in [0.717, 1.165) is 47.9 Å². The van der Waals surface area contributed by atoms with Gasteiger partial charge in [0.1, 0.15) is 11.6 Å². The van der Waals surface area contributed by atoms with Crippen molar-refractivity contribution in [1.29, 1.82) is 5.26 Å². The highest BCUT2D eigenvalue weighted by Gasteiger charge is 2.11. The molecule has 0 radical (unpaired) electrons. The second kappa shape index (κ2) is 15.9. The number of amides is 1. The fourth-order valence-corrected chi connectivity index (χ4v) is 5.02. The maximum absolute atomic E-state index is 12.3. The van der Waals surface area contributed by atoms with Gasteiger partial charge in [0.15, 0.2) is 0 Å². The van der Waals surface area contributed by atoms with Gasteiger partial charge in [-0.15, -0.1) is 34.3 Å². The van der Waals surface area contributed by atoms with Crippen LogP contribution in [0.1, 0.15) is 30.6 Å². The first-order valence-corrected chi connectivity index (χ1v) is 13.2. The Morgan fingerprint density at radius 1 is 1.03 bits per heavy atom. The van der Waals surface area contributed by atoms with Crippen LogP contribution >= 0.6 is 34.3 Å². The first-order valence-electron chi connectivity index (χ1n) is 11.0. The number of nitrogens with zero attached hydrogens (tertiary/aromatic N) is 2. The number of rotatable bonds is 16. The Bertz CT molecular complexity index is 918. The summed E-state index contributed by atoms with van der Waals surface area (Å²) in [5, 5.41) is 13.3. The molecule has 0 spiro atoms. The lowest BCUT2D eigenvalue weighted by molar-refractivity contribution is -0.117. The van der Waals surface area contributed by atoms with Crippen molar-refractivity contribution in [2.24, 2.45) is 0 Å². The summed E-state index contributed by atoms with van der Waals surface area (Å²) < 4.78 is 11.0. The van der Waals surface area contributed by atoms with Crippen molar-refractivity contribution in [3.63, 3.8) is 0 Å². The summed E-state index contributed by atoms with van der Waals surface area (Å²) in [6, 6.07) is 10.1. The molecular formula is C24H32ClN3O3S2. The van der Waals surface area contributed by atoms with Crippen molar-refractivity contribution < 1.29 is 14.3 Å². The van der Waals surface area contributed by atoms with Gasteiger partial charge < -0.3 is 19.7 Å². The van der Waals surface area contributed by atoms with Crippen LogP contribution in [0.5, 0.6) is 0 Å². The fraction of sp³-hybridized carbons (Fsp3) is 0.500. The quantitative estimate of drug-likeness (QED) is 0.142. The lowest BCUT2D eigenvalue weighted by atomic mass is 10.2.